The quantitative estimate of drug-likeness (QED) is 0.712. The van der Waals surface area contributed by atoms with E-state index in [2.05, 4.69) is 29.5 Å². The molecule has 29 heavy (non-hydrogen) atoms. The van der Waals surface area contributed by atoms with Gasteiger partial charge in [0.1, 0.15) is 11.9 Å². The van der Waals surface area contributed by atoms with Gasteiger partial charge < -0.3 is 14.8 Å². The predicted molar refractivity (Wildman–Crippen MR) is 109 cm³/mol. The highest BCUT2D eigenvalue weighted by molar-refractivity contribution is 6.03. The molecule has 0 spiro atoms. The minimum absolute atomic E-state index is 0.145. The van der Waals surface area contributed by atoms with E-state index in [1.807, 2.05) is 48.5 Å². The second kappa shape index (κ2) is 8.05. The molecular weight excluding hydrogens is 368 g/mol. The zero-order chi connectivity index (χ0) is 20.4. The van der Waals surface area contributed by atoms with Gasteiger partial charge in [-0.05, 0) is 41.3 Å². The van der Waals surface area contributed by atoms with Crippen LogP contribution in [0.15, 0.2) is 48.5 Å². The molecule has 1 atom stereocenters. The van der Waals surface area contributed by atoms with Crippen LogP contribution in [-0.4, -0.2) is 28.0 Å². The average Bonchev–Trinajstić information content (AvgIpc) is 3.17. The number of aromatic nitrogens is 3. The van der Waals surface area contributed by atoms with Crippen molar-refractivity contribution in [3.05, 3.63) is 71.0 Å². The second-order valence-corrected chi connectivity index (χ2v) is 7.37. The molecule has 1 N–H and O–H groups in total. The Kier molecular flexibility index (Phi) is 5.31. The van der Waals surface area contributed by atoms with E-state index in [-0.39, 0.29) is 18.6 Å². The molecule has 1 aliphatic heterocycles. The first kappa shape index (κ1) is 19.1. The highest BCUT2D eigenvalue weighted by atomic mass is 16.5. The first-order chi connectivity index (χ1) is 14.0. The van der Waals surface area contributed by atoms with Crippen molar-refractivity contribution in [2.24, 2.45) is 0 Å². The number of fused-ring (bicyclic) bond motifs is 1. The Morgan fingerprint density at radius 2 is 2.03 bits per heavy atom. The molecule has 0 saturated carbocycles. The van der Waals surface area contributed by atoms with Gasteiger partial charge in [-0.3, -0.25) is 4.79 Å². The Hall–Kier alpha value is -3.19. The Bertz CT molecular complexity index is 1010. The van der Waals surface area contributed by atoms with Crippen molar-refractivity contribution in [1.29, 1.82) is 0 Å². The molecular formula is C22H24N4O3. The zero-order valence-corrected chi connectivity index (χ0v) is 16.8. The van der Waals surface area contributed by atoms with E-state index < -0.39 is 0 Å². The summed E-state index contributed by atoms with van der Waals surface area (Å²) in [7, 11) is 1.64. The summed E-state index contributed by atoms with van der Waals surface area (Å²) < 4.78 is 12.9. The molecule has 2 heterocycles. The molecule has 0 bridgehead atoms. The summed E-state index contributed by atoms with van der Waals surface area (Å²) in [5.41, 5.74) is 3.93. The fraction of sp³-hybridized carbons (Fsp3) is 0.318. The zero-order valence-electron chi connectivity index (χ0n) is 16.8. The van der Waals surface area contributed by atoms with E-state index in [9.17, 15) is 4.79 Å². The Morgan fingerprint density at radius 3 is 2.76 bits per heavy atom. The maximum atomic E-state index is 12.8. The number of rotatable bonds is 5. The summed E-state index contributed by atoms with van der Waals surface area (Å²) in [5.74, 6) is 0.905. The smallest absolute Gasteiger partial charge is 0.278 e. The van der Waals surface area contributed by atoms with Crippen LogP contribution in [-0.2, 0) is 17.9 Å². The predicted octanol–water partition coefficient (Wildman–Crippen LogP) is 3.93. The van der Waals surface area contributed by atoms with Crippen molar-refractivity contribution in [3.63, 3.8) is 0 Å². The van der Waals surface area contributed by atoms with Gasteiger partial charge in [0.05, 0.1) is 26.0 Å². The molecule has 3 aromatic rings. The van der Waals surface area contributed by atoms with Gasteiger partial charge in [0.15, 0.2) is 5.69 Å². The minimum atomic E-state index is -0.279. The number of methoxy groups -OCH3 is 1. The van der Waals surface area contributed by atoms with Crippen LogP contribution < -0.4 is 10.1 Å². The molecule has 7 nitrogen and oxygen atoms in total. The second-order valence-electron chi connectivity index (χ2n) is 7.37. The van der Waals surface area contributed by atoms with E-state index >= 15 is 0 Å². The lowest BCUT2D eigenvalue weighted by Gasteiger charge is -2.24. The molecule has 0 unspecified atom stereocenters. The van der Waals surface area contributed by atoms with Crippen LogP contribution in [0.4, 0.5) is 5.69 Å². The number of carbonyl (C=O) groups excluding carboxylic acids is 1. The molecule has 1 aliphatic rings. The highest BCUT2D eigenvalue weighted by Crippen LogP contribution is 2.28. The van der Waals surface area contributed by atoms with Crippen LogP contribution in [0.5, 0.6) is 5.75 Å². The van der Waals surface area contributed by atoms with Crippen molar-refractivity contribution >= 4 is 11.6 Å². The van der Waals surface area contributed by atoms with E-state index in [4.69, 9.17) is 9.47 Å². The fourth-order valence-corrected chi connectivity index (χ4v) is 3.37. The van der Waals surface area contributed by atoms with Gasteiger partial charge in [-0.2, -0.15) is 0 Å². The standard InChI is InChI=1S/C22H24N4O3/c1-14(2)16-5-4-6-17(11-16)23-22(27)21-19-13-29-20(12-26(19)25-24-21)15-7-9-18(28-3)10-8-15/h4-11,14,20H,12-13H2,1-3H3,(H,23,27)/t20-/m1/s1. The van der Waals surface area contributed by atoms with Crippen LogP contribution in [0.25, 0.3) is 0 Å². The number of hydrogen-bond donors (Lipinski definition) is 1. The average molecular weight is 392 g/mol. The van der Waals surface area contributed by atoms with Gasteiger partial charge in [-0.1, -0.05) is 43.3 Å². The van der Waals surface area contributed by atoms with Crippen LogP contribution in [0.2, 0.25) is 0 Å². The third-order valence-electron chi connectivity index (χ3n) is 5.11. The largest absolute Gasteiger partial charge is 0.497 e. The van der Waals surface area contributed by atoms with Gasteiger partial charge in [-0.15, -0.1) is 5.10 Å². The lowest BCUT2D eigenvalue weighted by atomic mass is 10.0. The van der Waals surface area contributed by atoms with Gasteiger partial charge in [0.2, 0.25) is 0 Å². The minimum Gasteiger partial charge on any atom is -0.497 e. The molecule has 2 aromatic carbocycles. The van der Waals surface area contributed by atoms with Gasteiger partial charge >= 0.3 is 0 Å². The number of nitrogens with zero attached hydrogens (tertiary/aromatic N) is 3. The Labute approximate surface area is 169 Å². The number of amides is 1. The van der Waals surface area contributed by atoms with Crippen LogP contribution >= 0.6 is 0 Å². The monoisotopic (exact) mass is 392 g/mol. The maximum Gasteiger partial charge on any atom is 0.278 e. The molecule has 0 saturated heterocycles. The Balaban J connectivity index is 1.49. The van der Waals surface area contributed by atoms with E-state index in [1.165, 1.54) is 5.56 Å². The molecule has 4 rings (SSSR count). The number of nitrogens with one attached hydrogen (secondary N) is 1. The molecule has 1 aromatic heterocycles. The molecule has 0 fully saturated rings. The number of anilines is 1. The maximum absolute atomic E-state index is 12.8. The molecule has 1 amide bonds. The summed E-state index contributed by atoms with van der Waals surface area (Å²) >= 11 is 0. The van der Waals surface area contributed by atoms with Crippen LogP contribution in [0.1, 0.15) is 53.2 Å². The fourth-order valence-electron chi connectivity index (χ4n) is 3.37. The van der Waals surface area contributed by atoms with E-state index in [0.717, 1.165) is 17.0 Å². The van der Waals surface area contributed by atoms with Crippen LogP contribution in [0.3, 0.4) is 0 Å². The van der Waals surface area contributed by atoms with Crippen molar-refractivity contribution in [2.45, 2.75) is 39.0 Å². The molecule has 7 heteroatoms. The van der Waals surface area contributed by atoms with Gasteiger partial charge in [0, 0.05) is 5.69 Å². The van der Waals surface area contributed by atoms with Gasteiger partial charge in [-0.25, -0.2) is 4.68 Å². The van der Waals surface area contributed by atoms with E-state index in [1.54, 1.807) is 11.8 Å². The highest BCUT2D eigenvalue weighted by Gasteiger charge is 2.27. The van der Waals surface area contributed by atoms with Crippen molar-refractivity contribution in [3.8, 4) is 5.75 Å². The first-order valence-corrected chi connectivity index (χ1v) is 9.64. The summed E-state index contributed by atoms with van der Waals surface area (Å²) in [6.07, 6.45) is -0.145. The normalized spacial score (nSPS) is 15.8. The molecule has 150 valence electrons. The van der Waals surface area contributed by atoms with E-state index in [0.29, 0.717) is 23.9 Å². The number of hydrogen-bond acceptors (Lipinski definition) is 5. The summed E-state index contributed by atoms with van der Waals surface area (Å²) in [6.45, 7) is 5.02. The lowest BCUT2D eigenvalue weighted by molar-refractivity contribution is -0.00173. The molecule has 0 radical (unpaired) electrons. The Morgan fingerprint density at radius 1 is 1.24 bits per heavy atom. The SMILES string of the molecule is COc1ccc([C@H]2Cn3nnc(C(=O)Nc4cccc(C(C)C)c4)c3CO2)cc1. The number of carbonyl (C=O) groups is 1. The number of benzene rings is 2. The summed E-state index contributed by atoms with van der Waals surface area (Å²) in [4.78, 5) is 12.8. The number of ether oxygens (including phenoxy) is 2. The van der Waals surface area contributed by atoms with Crippen molar-refractivity contribution in [2.75, 3.05) is 12.4 Å². The summed E-state index contributed by atoms with van der Waals surface area (Å²) in [6, 6.07) is 15.6. The first-order valence-electron chi connectivity index (χ1n) is 9.64. The lowest BCUT2D eigenvalue weighted by Crippen LogP contribution is -2.24. The summed E-state index contributed by atoms with van der Waals surface area (Å²) in [5, 5.41) is 11.2. The topological polar surface area (TPSA) is 78.3 Å². The van der Waals surface area contributed by atoms with Gasteiger partial charge in [0.25, 0.3) is 5.91 Å². The van der Waals surface area contributed by atoms with Crippen LogP contribution in [0, 0.1) is 0 Å². The van der Waals surface area contributed by atoms with Crippen molar-refractivity contribution < 1.29 is 14.3 Å². The molecule has 0 aliphatic carbocycles. The third kappa shape index (κ3) is 4.00. The third-order valence-corrected chi connectivity index (χ3v) is 5.11. The van der Waals surface area contributed by atoms with Crippen molar-refractivity contribution in [1.82, 2.24) is 15.0 Å².